The molecule has 240 valence electrons. The maximum absolute atomic E-state index is 13.9. The highest BCUT2D eigenvalue weighted by Crippen LogP contribution is 2.39. The minimum Gasteiger partial charge on any atom is -0.493 e. The van der Waals surface area contributed by atoms with Crippen molar-refractivity contribution in [1.82, 2.24) is 15.5 Å². The van der Waals surface area contributed by atoms with E-state index in [1.807, 2.05) is 37.3 Å². The molecule has 2 atom stereocenters. The third-order valence-corrected chi connectivity index (χ3v) is 8.28. The molecule has 4 heterocycles. The second-order valence-electron chi connectivity index (χ2n) is 11.1. The number of methoxy groups -OCH3 is 3. The number of ether oxygens (including phenoxy) is 5. The van der Waals surface area contributed by atoms with Crippen LogP contribution in [0, 0.1) is 6.92 Å². The minimum atomic E-state index is -0.574. The summed E-state index contributed by atoms with van der Waals surface area (Å²) in [5, 5.41) is 6.63. The fraction of sp³-hybridized carbons (Fsp3) is 0.324. The molecule has 1 aromatic heterocycles. The number of nitrogens with one attached hydrogen (secondary N) is 2. The van der Waals surface area contributed by atoms with Crippen LogP contribution in [0.25, 0.3) is 11.0 Å². The van der Waals surface area contributed by atoms with Crippen molar-refractivity contribution < 1.29 is 42.5 Å². The van der Waals surface area contributed by atoms with E-state index in [1.165, 1.54) is 27.4 Å². The summed E-state index contributed by atoms with van der Waals surface area (Å²) in [7, 11) is 4.53. The topological polar surface area (TPSA) is 138 Å². The summed E-state index contributed by atoms with van der Waals surface area (Å²) in [4.78, 5) is 41.7. The molecule has 0 unspecified atom stereocenters. The second-order valence-corrected chi connectivity index (χ2v) is 11.1. The predicted octanol–water partition coefficient (Wildman–Crippen LogP) is 3.87. The lowest BCUT2D eigenvalue weighted by Crippen LogP contribution is -2.58. The van der Waals surface area contributed by atoms with Gasteiger partial charge in [0.1, 0.15) is 11.9 Å². The summed E-state index contributed by atoms with van der Waals surface area (Å²) in [6.07, 6.45) is 0.00588. The Morgan fingerprint density at radius 1 is 0.957 bits per heavy atom. The Bertz CT molecular complexity index is 1780. The monoisotopic (exact) mass is 629 g/mol. The van der Waals surface area contributed by atoms with Gasteiger partial charge in [-0.1, -0.05) is 12.1 Å². The first-order valence-corrected chi connectivity index (χ1v) is 14.9. The van der Waals surface area contributed by atoms with Crippen LogP contribution in [0.3, 0.4) is 0 Å². The SMILES string of the molecule is COc1ccc2cc1OCC(=O)NCc1ccc(cc1)O[C@@H]1CCN(C(=O)c3oc4c(OC)c(OC)ccc4c3C)C[C@@H]1NC2=O. The van der Waals surface area contributed by atoms with Crippen molar-refractivity contribution in [2.45, 2.75) is 32.0 Å². The smallest absolute Gasteiger partial charge is 0.289 e. The number of amides is 3. The molecule has 3 aromatic carbocycles. The molecule has 0 radical (unpaired) electrons. The molecular formula is C34H35N3O9. The number of piperidine rings is 1. The number of hydrogen-bond acceptors (Lipinski definition) is 9. The van der Waals surface area contributed by atoms with Gasteiger partial charge in [0, 0.05) is 42.6 Å². The highest BCUT2D eigenvalue weighted by atomic mass is 16.5. The number of carbonyl (C=O) groups excluding carboxylic acids is 3. The summed E-state index contributed by atoms with van der Waals surface area (Å²) in [5.41, 5.74) is 2.27. The molecule has 2 N–H and O–H groups in total. The van der Waals surface area contributed by atoms with Gasteiger partial charge in [0.25, 0.3) is 17.7 Å². The maximum atomic E-state index is 13.9. The molecule has 0 spiro atoms. The van der Waals surface area contributed by atoms with Gasteiger partial charge in [-0.3, -0.25) is 14.4 Å². The van der Waals surface area contributed by atoms with Crippen molar-refractivity contribution in [3.8, 4) is 28.7 Å². The molecule has 0 saturated carbocycles. The van der Waals surface area contributed by atoms with Gasteiger partial charge in [-0.25, -0.2) is 0 Å². The third-order valence-electron chi connectivity index (χ3n) is 8.28. The molecule has 1 saturated heterocycles. The summed E-state index contributed by atoms with van der Waals surface area (Å²) >= 11 is 0. The first kappa shape index (κ1) is 30.6. The number of carbonyl (C=O) groups is 3. The van der Waals surface area contributed by atoms with Crippen molar-refractivity contribution in [3.63, 3.8) is 0 Å². The van der Waals surface area contributed by atoms with E-state index in [-0.39, 0.29) is 36.5 Å². The Kier molecular flexibility index (Phi) is 8.60. The Hall–Kier alpha value is -5.39. The van der Waals surface area contributed by atoms with Gasteiger partial charge in [0.15, 0.2) is 35.2 Å². The van der Waals surface area contributed by atoms with Crippen molar-refractivity contribution in [3.05, 3.63) is 77.0 Å². The lowest BCUT2D eigenvalue weighted by molar-refractivity contribution is -0.123. The van der Waals surface area contributed by atoms with E-state index >= 15 is 0 Å². The molecule has 3 aliphatic heterocycles. The third kappa shape index (κ3) is 5.97. The first-order chi connectivity index (χ1) is 22.3. The van der Waals surface area contributed by atoms with E-state index in [4.69, 9.17) is 28.1 Å². The summed E-state index contributed by atoms with van der Waals surface area (Å²) in [5.74, 6) is 1.28. The second kappa shape index (κ2) is 12.9. The highest BCUT2D eigenvalue weighted by molar-refractivity contribution is 6.01. The zero-order valence-electron chi connectivity index (χ0n) is 26.0. The van der Waals surface area contributed by atoms with Crippen LogP contribution in [0.2, 0.25) is 0 Å². The van der Waals surface area contributed by atoms with E-state index in [1.54, 1.807) is 23.1 Å². The van der Waals surface area contributed by atoms with Crippen molar-refractivity contribution >= 4 is 28.7 Å². The summed E-state index contributed by atoms with van der Waals surface area (Å²) < 4.78 is 34.5. The van der Waals surface area contributed by atoms with Gasteiger partial charge in [0.05, 0.1) is 27.4 Å². The highest BCUT2D eigenvalue weighted by Gasteiger charge is 2.36. The molecule has 7 rings (SSSR count). The van der Waals surface area contributed by atoms with Crippen LogP contribution in [0.4, 0.5) is 0 Å². The predicted molar refractivity (Wildman–Crippen MR) is 167 cm³/mol. The van der Waals surface area contributed by atoms with Gasteiger partial charge in [-0.2, -0.15) is 0 Å². The fourth-order valence-corrected chi connectivity index (χ4v) is 5.78. The lowest BCUT2D eigenvalue weighted by Gasteiger charge is -2.38. The molecular weight excluding hydrogens is 594 g/mol. The molecule has 3 amide bonds. The standard InChI is InChI=1S/C34H35N3O9/c1-19-23-10-12-27(42-3)32(43-4)31(23)46-30(19)34(40)37-14-13-25-24(17-37)36-33(39)21-7-11-26(41-2)28(15-21)44-18-29(38)35-16-20-5-8-22(45-25)9-6-20/h5-12,15,24-25H,13-14,16-18H2,1-4H3,(H,35,38)(H,36,39)/t24-,25+/m0/s1. The number of nitrogens with zero attached hydrogens (tertiary/aromatic N) is 1. The van der Waals surface area contributed by atoms with Crippen molar-refractivity contribution in [2.75, 3.05) is 41.0 Å². The number of fused-ring (bicyclic) bond motifs is 8. The number of likely N-dealkylation sites (tertiary alicyclic amines) is 1. The van der Waals surface area contributed by atoms with Crippen LogP contribution in [0.5, 0.6) is 28.7 Å². The molecule has 1 fully saturated rings. The molecule has 46 heavy (non-hydrogen) atoms. The first-order valence-electron chi connectivity index (χ1n) is 14.9. The number of rotatable bonds is 4. The van der Waals surface area contributed by atoms with Crippen LogP contribution in [0.15, 0.2) is 59.0 Å². The molecule has 4 aromatic rings. The van der Waals surface area contributed by atoms with Gasteiger partial charge >= 0.3 is 0 Å². The minimum absolute atomic E-state index is 0.169. The number of hydrogen-bond donors (Lipinski definition) is 2. The number of aryl methyl sites for hydroxylation is 1. The average Bonchev–Trinajstić information content (AvgIpc) is 3.42. The fourth-order valence-electron chi connectivity index (χ4n) is 5.78. The number of furan rings is 1. The quantitative estimate of drug-likeness (QED) is 0.345. The molecule has 3 aliphatic rings. The van der Waals surface area contributed by atoms with E-state index in [2.05, 4.69) is 10.6 Å². The Morgan fingerprint density at radius 2 is 1.72 bits per heavy atom. The van der Waals surface area contributed by atoms with Crippen LogP contribution in [-0.2, 0) is 11.3 Å². The van der Waals surface area contributed by atoms with E-state index < -0.39 is 18.1 Å². The summed E-state index contributed by atoms with van der Waals surface area (Å²) in [6, 6.07) is 15.1. The zero-order chi connectivity index (χ0) is 32.4. The Morgan fingerprint density at radius 3 is 2.46 bits per heavy atom. The normalized spacial score (nSPS) is 18.4. The number of benzene rings is 3. The van der Waals surface area contributed by atoms with E-state index in [9.17, 15) is 14.4 Å². The maximum Gasteiger partial charge on any atom is 0.289 e. The van der Waals surface area contributed by atoms with Gasteiger partial charge in [0.2, 0.25) is 5.75 Å². The molecule has 0 aliphatic carbocycles. The Balaban J connectivity index is 1.31. The van der Waals surface area contributed by atoms with Gasteiger partial charge in [-0.05, 0) is 55.0 Å². The Labute approximate surface area is 265 Å². The van der Waals surface area contributed by atoms with Crippen molar-refractivity contribution in [2.24, 2.45) is 0 Å². The van der Waals surface area contributed by atoms with Crippen LogP contribution in [-0.4, -0.2) is 75.8 Å². The van der Waals surface area contributed by atoms with Gasteiger partial charge < -0.3 is 43.6 Å². The van der Waals surface area contributed by atoms with Crippen LogP contribution < -0.4 is 34.3 Å². The molecule has 4 bridgehead atoms. The van der Waals surface area contributed by atoms with Crippen LogP contribution >= 0.6 is 0 Å². The zero-order valence-corrected chi connectivity index (χ0v) is 26.0. The van der Waals surface area contributed by atoms with Crippen molar-refractivity contribution in [1.29, 1.82) is 0 Å². The largest absolute Gasteiger partial charge is 0.493 e. The lowest BCUT2D eigenvalue weighted by atomic mass is 10.00. The average molecular weight is 630 g/mol. The van der Waals surface area contributed by atoms with Crippen LogP contribution in [0.1, 0.15) is 38.5 Å². The van der Waals surface area contributed by atoms with E-state index in [0.29, 0.717) is 59.2 Å². The molecule has 12 nitrogen and oxygen atoms in total. The summed E-state index contributed by atoms with van der Waals surface area (Å²) in [6.45, 7) is 2.42. The van der Waals surface area contributed by atoms with Gasteiger partial charge in [-0.15, -0.1) is 0 Å². The van der Waals surface area contributed by atoms with E-state index in [0.717, 1.165) is 10.9 Å². The molecule has 12 heteroatoms.